The third-order valence-corrected chi connectivity index (χ3v) is 7.15. The van der Waals surface area contributed by atoms with E-state index < -0.39 is 0 Å². The third kappa shape index (κ3) is 5.15. The molecular weight excluding hydrogens is 570 g/mol. The van der Waals surface area contributed by atoms with Gasteiger partial charge in [0.05, 0.1) is 28.7 Å². The number of rotatable bonds is 8. The Morgan fingerprint density at radius 1 is 0.977 bits per heavy atom. The zero-order valence-electron chi connectivity index (χ0n) is 23.0. The SMILES string of the molecule is CCOc1cc(C=Nn2c(-c3cc4ccccc4o3)nc3ccccc3c2=O)cc(Cl)c1OCc1ccc2c(c1)OCO2. The van der Waals surface area contributed by atoms with E-state index in [1.165, 1.54) is 10.9 Å². The molecule has 0 saturated heterocycles. The van der Waals surface area contributed by atoms with Gasteiger partial charge in [0.2, 0.25) is 12.6 Å². The standard InChI is InChI=1S/C33H24ClN3O6/c1-2-39-29-15-21(13-24(34)31(29)40-18-20-11-12-27-28(14-20)42-19-41-27)17-35-37-32(30-16-22-7-3-6-10-26(22)43-30)36-25-9-5-4-8-23(25)33(37)38/h3-17H,2,18-19H2,1H3. The van der Waals surface area contributed by atoms with Gasteiger partial charge in [0.1, 0.15) is 12.2 Å². The summed E-state index contributed by atoms with van der Waals surface area (Å²) < 4.78 is 30.1. The second-order valence-corrected chi connectivity index (χ2v) is 10.1. The lowest BCUT2D eigenvalue weighted by Gasteiger charge is -2.15. The molecule has 7 rings (SSSR count). The largest absolute Gasteiger partial charge is 0.490 e. The van der Waals surface area contributed by atoms with Crippen molar-refractivity contribution in [2.75, 3.05) is 13.4 Å². The fraction of sp³-hybridized carbons (Fsp3) is 0.121. The van der Waals surface area contributed by atoms with Crippen LogP contribution in [-0.4, -0.2) is 29.3 Å². The van der Waals surface area contributed by atoms with Gasteiger partial charge in [-0.1, -0.05) is 48.0 Å². The van der Waals surface area contributed by atoms with E-state index in [0.717, 1.165) is 10.9 Å². The highest BCUT2D eigenvalue weighted by atomic mass is 35.5. The van der Waals surface area contributed by atoms with Crippen molar-refractivity contribution in [2.24, 2.45) is 5.10 Å². The van der Waals surface area contributed by atoms with Gasteiger partial charge < -0.3 is 23.4 Å². The lowest BCUT2D eigenvalue weighted by atomic mass is 10.2. The highest BCUT2D eigenvalue weighted by molar-refractivity contribution is 6.32. The Labute approximate surface area is 250 Å². The fourth-order valence-corrected chi connectivity index (χ4v) is 5.13. The van der Waals surface area contributed by atoms with Crippen molar-refractivity contribution in [3.8, 4) is 34.6 Å². The average Bonchev–Trinajstić information content (AvgIpc) is 3.67. The molecule has 214 valence electrons. The smallest absolute Gasteiger partial charge is 0.282 e. The van der Waals surface area contributed by atoms with Gasteiger partial charge in [0, 0.05) is 5.39 Å². The van der Waals surface area contributed by atoms with Crippen molar-refractivity contribution in [3.05, 3.63) is 111 Å². The molecule has 0 amide bonds. The molecule has 0 bridgehead atoms. The molecule has 3 heterocycles. The number of fused-ring (bicyclic) bond motifs is 3. The Morgan fingerprint density at radius 3 is 2.70 bits per heavy atom. The summed E-state index contributed by atoms with van der Waals surface area (Å²) in [5, 5.41) is 6.19. The summed E-state index contributed by atoms with van der Waals surface area (Å²) in [7, 11) is 0. The van der Waals surface area contributed by atoms with Gasteiger partial charge in [-0.05, 0) is 66.6 Å². The summed E-state index contributed by atoms with van der Waals surface area (Å²) >= 11 is 6.69. The van der Waals surface area contributed by atoms with Crippen molar-refractivity contribution >= 4 is 39.7 Å². The molecule has 9 nitrogen and oxygen atoms in total. The van der Waals surface area contributed by atoms with Crippen LogP contribution in [0.15, 0.2) is 99.2 Å². The van der Waals surface area contributed by atoms with E-state index >= 15 is 0 Å². The molecule has 2 aromatic heterocycles. The van der Waals surface area contributed by atoms with E-state index in [1.807, 2.05) is 61.5 Å². The van der Waals surface area contributed by atoms with Crippen LogP contribution in [0.4, 0.5) is 0 Å². The van der Waals surface area contributed by atoms with E-state index in [0.29, 0.717) is 62.4 Å². The number of furan rings is 1. The Hall–Kier alpha value is -5.28. The second kappa shape index (κ2) is 11.2. The second-order valence-electron chi connectivity index (χ2n) is 9.70. The first-order chi connectivity index (χ1) is 21.1. The highest BCUT2D eigenvalue weighted by Gasteiger charge is 2.18. The van der Waals surface area contributed by atoms with Gasteiger partial charge in [-0.2, -0.15) is 9.78 Å². The topological polar surface area (TPSA) is 97.3 Å². The Kier molecular flexibility index (Phi) is 6.92. The Balaban J connectivity index is 1.24. The molecule has 0 saturated carbocycles. The molecule has 1 aliphatic rings. The number of para-hydroxylation sites is 2. The molecule has 0 atom stereocenters. The minimum Gasteiger partial charge on any atom is -0.490 e. The summed E-state index contributed by atoms with van der Waals surface area (Å²) in [5.74, 6) is 2.90. The first kappa shape index (κ1) is 26.6. The van der Waals surface area contributed by atoms with Gasteiger partial charge in [0.25, 0.3) is 5.56 Å². The number of halogens is 1. The lowest BCUT2D eigenvalue weighted by molar-refractivity contribution is 0.174. The van der Waals surface area contributed by atoms with E-state index in [9.17, 15) is 4.79 Å². The van der Waals surface area contributed by atoms with Crippen molar-refractivity contribution in [2.45, 2.75) is 13.5 Å². The minimum atomic E-state index is -0.336. The molecule has 0 spiro atoms. The zero-order valence-corrected chi connectivity index (χ0v) is 23.7. The van der Waals surface area contributed by atoms with Crippen LogP contribution >= 0.6 is 11.6 Å². The van der Waals surface area contributed by atoms with Crippen molar-refractivity contribution in [3.63, 3.8) is 0 Å². The monoisotopic (exact) mass is 593 g/mol. The molecule has 0 unspecified atom stereocenters. The van der Waals surface area contributed by atoms with Gasteiger partial charge in [-0.3, -0.25) is 4.79 Å². The van der Waals surface area contributed by atoms with E-state index in [4.69, 9.17) is 39.9 Å². The maximum Gasteiger partial charge on any atom is 0.282 e. The van der Waals surface area contributed by atoms with E-state index in [2.05, 4.69) is 5.10 Å². The molecule has 10 heteroatoms. The third-order valence-electron chi connectivity index (χ3n) is 6.87. The number of nitrogens with zero attached hydrogens (tertiary/aromatic N) is 3. The van der Waals surface area contributed by atoms with Gasteiger partial charge >= 0.3 is 0 Å². The summed E-state index contributed by atoms with van der Waals surface area (Å²) in [5.41, 5.74) is 2.37. The maximum atomic E-state index is 13.6. The summed E-state index contributed by atoms with van der Waals surface area (Å²) in [6.45, 7) is 2.70. The average molecular weight is 594 g/mol. The molecule has 0 N–H and O–H groups in total. The molecule has 0 aliphatic carbocycles. The predicted octanol–water partition coefficient (Wildman–Crippen LogP) is 7.05. The Bertz CT molecular complexity index is 2050. The molecule has 43 heavy (non-hydrogen) atoms. The number of ether oxygens (including phenoxy) is 4. The van der Waals surface area contributed by atoms with E-state index in [1.54, 1.807) is 30.3 Å². The van der Waals surface area contributed by atoms with Crippen LogP contribution in [0.25, 0.3) is 33.5 Å². The molecule has 0 radical (unpaired) electrons. The molecule has 0 fully saturated rings. The number of benzene rings is 4. The number of hydrogen-bond donors (Lipinski definition) is 0. The number of aromatic nitrogens is 2. The molecule has 1 aliphatic heterocycles. The van der Waals surface area contributed by atoms with E-state index in [-0.39, 0.29) is 24.8 Å². The van der Waals surface area contributed by atoms with Crippen LogP contribution in [0.2, 0.25) is 5.02 Å². The quantitative estimate of drug-likeness (QED) is 0.174. The fourth-order valence-electron chi connectivity index (χ4n) is 4.86. The van der Waals surface area contributed by atoms with Crippen molar-refractivity contribution in [1.29, 1.82) is 0 Å². The minimum absolute atomic E-state index is 0.199. The summed E-state index contributed by atoms with van der Waals surface area (Å²) in [4.78, 5) is 18.4. The van der Waals surface area contributed by atoms with Crippen LogP contribution in [0.1, 0.15) is 18.1 Å². The van der Waals surface area contributed by atoms with Crippen LogP contribution in [0.5, 0.6) is 23.0 Å². The van der Waals surface area contributed by atoms with Crippen molar-refractivity contribution in [1.82, 2.24) is 9.66 Å². The van der Waals surface area contributed by atoms with Crippen LogP contribution in [-0.2, 0) is 6.61 Å². The highest BCUT2D eigenvalue weighted by Crippen LogP contribution is 2.38. The Morgan fingerprint density at radius 2 is 1.81 bits per heavy atom. The van der Waals surface area contributed by atoms with Gasteiger partial charge in [0.15, 0.2) is 28.8 Å². The van der Waals surface area contributed by atoms with Crippen LogP contribution in [0.3, 0.4) is 0 Å². The summed E-state index contributed by atoms with van der Waals surface area (Å²) in [6.07, 6.45) is 1.53. The van der Waals surface area contributed by atoms with Crippen LogP contribution in [0, 0.1) is 0 Å². The lowest BCUT2D eigenvalue weighted by Crippen LogP contribution is -2.20. The van der Waals surface area contributed by atoms with Crippen molar-refractivity contribution < 1.29 is 23.4 Å². The predicted molar refractivity (Wildman–Crippen MR) is 164 cm³/mol. The zero-order chi connectivity index (χ0) is 29.3. The molecule has 6 aromatic rings. The first-order valence-corrected chi connectivity index (χ1v) is 14.0. The summed E-state index contributed by atoms with van der Waals surface area (Å²) in [6, 6.07) is 25.6. The normalized spacial score (nSPS) is 12.4. The van der Waals surface area contributed by atoms with Gasteiger partial charge in [-0.15, -0.1) is 0 Å². The van der Waals surface area contributed by atoms with Crippen LogP contribution < -0.4 is 24.5 Å². The molecule has 4 aromatic carbocycles. The molecular formula is C33H24ClN3O6. The first-order valence-electron chi connectivity index (χ1n) is 13.6. The van der Waals surface area contributed by atoms with Gasteiger partial charge in [-0.25, -0.2) is 4.98 Å². The number of hydrogen-bond acceptors (Lipinski definition) is 8. The maximum absolute atomic E-state index is 13.6.